The van der Waals surface area contributed by atoms with Crippen molar-refractivity contribution in [2.45, 2.75) is 45.3 Å². The lowest BCUT2D eigenvalue weighted by Gasteiger charge is -2.35. The van der Waals surface area contributed by atoms with Crippen LogP contribution in [-0.4, -0.2) is 53.6 Å². The monoisotopic (exact) mass is 453 g/mol. The maximum absolute atomic E-state index is 13.6. The van der Waals surface area contributed by atoms with Crippen molar-refractivity contribution in [2.24, 2.45) is 10.9 Å². The standard InChI is InChI=1S/C24H28ClN5O2/c1-15(2)20-14-30-23(28-20)22-21(11-19(12-26-22)27-18-7-9-32-10-8-18)29(24(30)31)13-16-3-5-17(25)6-4-16/h3-6,11-12,15,18,20,27H,7-10,13-14H2,1-2H3. The third kappa shape index (κ3) is 4.07. The number of benzene rings is 1. The van der Waals surface area contributed by atoms with Crippen molar-refractivity contribution in [3.8, 4) is 0 Å². The van der Waals surface area contributed by atoms with E-state index in [9.17, 15) is 4.79 Å². The number of aromatic nitrogens is 1. The molecule has 5 rings (SSSR count). The number of carbonyl (C=O) groups excluding carboxylic acids is 1. The summed E-state index contributed by atoms with van der Waals surface area (Å²) in [5.41, 5.74) is 3.48. The second-order valence-corrected chi connectivity index (χ2v) is 9.43. The highest BCUT2D eigenvalue weighted by Crippen LogP contribution is 2.35. The number of nitrogens with one attached hydrogen (secondary N) is 1. The molecule has 3 aliphatic rings. The fourth-order valence-electron chi connectivity index (χ4n) is 4.42. The van der Waals surface area contributed by atoms with Crippen LogP contribution >= 0.6 is 11.6 Å². The Morgan fingerprint density at radius 3 is 2.69 bits per heavy atom. The van der Waals surface area contributed by atoms with Crippen molar-refractivity contribution in [1.82, 2.24) is 9.88 Å². The number of carbonyl (C=O) groups is 1. The molecule has 2 aromatic rings. The Balaban J connectivity index is 1.51. The first-order chi connectivity index (χ1) is 15.5. The molecule has 1 unspecified atom stereocenters. The summed E-state index contributed by atoms with van der Waals surface area (Å²) in [4.78, 5) is 26.8. The zero-order valence-electron chi connectivity index (χ0n) is 18.4. The molecule has 1 atom stereocenters. The third-order valence-electron chi connectivity index (χ3n) is 6.36. The number of halogens is 1. The van der Waals surface area contributed by atoms with Crippen molar-refractivity contribution in [1.29, 1.82) is 0 Å². The molecule has 0 spiro atoms. The number of urea groups is 1. The zero-order chi connectivity index (χ0) is 22.2. The van der Waals surface area contributed by atoms with E-state index in [0.29, 0.717) is 35.9 Å². The molecule has 7 nitrogen and oxygen atoms in total. The van der Waals surface area contributed by atoms with Crippen LogP contribution in [0.25, 0.3) is 0 Å². The lowest BCUT2D eigenvalue weighted by atomic mass is 10.1. The van der Waals surface area contributed by atoms with E-state index in [0.717, 1.165) is 48.7 Å². The molecule has 8 heteroatoms. The van der Waals surface area contributed by atoms with Gasteiger partial charge < -0.3 is 10.1 Å². The molecule has 4 heterocycles. The van der Waals surface area contributed by atoms with Gasteiger partial charge in [-0.05, 0) is 42.5 Å². The molecule has 2 amide bonds. The van der Waals surface area contributed by atoms with Gasteiger partial charge in [-0.1, -0.05) is 37.6 Å². The number of pyridine rings is 1. The number of aliphatic imine (C=N–C) groups is 1. The van der Waals surface area contributed by atoms with Gasteiger partial charge in [0.15, 0.2) is 5.84 Å². The Kier molecular flexibility index (Phi) is 5.78. The molecule has 1 fully saturated rings. The highest BCUT2D eigenvalue weighted by Gasteiger charge is 2.42. The van der Waals surface area contributed by atoms with Gasteiger partial charge in [-0.2, -0.15) is 0 Å². The van der Waals surface area contributed by atoms with Crippen LogP contribution in [0.3, 0.4) is 0 Å². The van der Waals surface area contributed by atoms with Crippen LogP contribution in [0.1, 0.15) is 37.9 Å². The second-order valence-electron chi connectivity index (χ2n) is 8.99. The number of ether oxygens (including phenoxy) is 1. The number of hydrogen-bond acceptors (Lipinski definition) is 5. The number of amidine groups is 1. The van der Waals surface area contributed by atoms with Gasteiger partial charge in [0.2, 0.25) is 0 Å². The number of anilines is 2. The van der Waals surface area contributed by atoms with Crippen molar-refractivity contribution >= 4 is 34.8 Å². The van der Waals surface area contributed by atoms with Crippen LogP contribution in [0.4, 0.5) is 16.2 Å². The van der Waals surface area contributed by atoms with Gasteiger partial charge >= 0.3 is 6.03 Å². The summed E-state index contributed by atoms with van der Waals surface area (Å²) in [5, 5.41) is 4.25. The molecule has 32 heavy (non-hydrogen) atoms. The molecule has 1 N–H and O–H groups in total. The molecule has 0 aliphatic carbocycles. The van der Waals surface area contributed by atoms with Gasteiger partial charge in [-0.3, -0.25) is 14.8 Å². The van der Waals surface area contributed by atoms with Crippen molar-refractivity contribution in [3.63, 3.8) is 0 Å². The SMILES string of the molecule is CC(C)C1CN2C(=O)N(Cc3ccc(Cl)cc3)c3cc(NC4CCOCC4)cnc3C2=N1. The highest BCUT2D eigenvalue weighted by molar-refractivity contribution is 6.30. The second kappa shape index (κ2) is 8.71. The van der Waals surface area contributed by atoms with E-state index in [4.69, 9.17) is 26.3 Å². The van der Waals surface area contributed by atoms with Crippen molar-refractivity contribution < 1.29 is 9.53 Å². The minimum Gasteiger partial charge on any atom is -0.381 e. The summed E-state index contributed by atoms with van der Waals surface area (Å²) in [6, 6.07) is 10.0. The molecule has 168 valence electrons. The van der Waals surface area contributed by atoms with E-state index in [1.807, 2.05) is 41.4 Å². The van der Waals surface area contributed by atoms with E-state index < -0.39 is 0 Å². The number of amides is 2. The number of fused-ring (bicyclic) bond motifs is 3. The first-order valence-corrected chi connectivity index (χ1v) is 11.6. The first kappa shape index (κ1) is 21.2. The average Bonchev–Trinajstić information content (AvgIpc) is 3.25. The van der Waals surface area contributed by atoms with E-state index in [1.54, 1.807) is 4.90 Å². The predicted molar refractivity (Wildman–Crippen MR) is 127 cm³/mol. The Morgan fingerprint density at radius 2 is 1.97 bits per heavy atom. The fraction of sp³-hybridized carbons (Fsp3) is 0.458. The van der Waals surface area contributed by atoms with Gasteiger partial charge in [-0.25, -0.2) is 9.78 Å². The summed E-state index contributed by atoms with van der Waals surface area (Å²) in [5.74, 6) is 1.04. The smallest absolute Gasteiger partial charge is 0.330 e. The average molecular weight is 454 g/mol. The summed E-state index contributed by atoms with van der Waals surface area (Å²) in [7, 11) is 0. The lowest BCUT2D eigenvalue weighted by molar-refractivity contribution is 0.0904. The Morgan fingerprint density at radius 1 is 1.22 bits per heavy atom. The molecule has 0 saturated carbocycles. The van der Waals surface area contributed by atoms with E-state index in [2.05, 4.69) is 19.2 Å². The van der Waals surface area contributed by atoms with Crippen molar-refractivity contribution in [3.05, 3.63) is 52.8 Å². The van der Waals surface area contributed by atoms with Gasteiger partial charge in [-0.15, -0.1) is 0 Å². The first-order valence-electron chi connectivity index (χ1n) is 11.3. The lowest BCUT2D eigenvalue weighted by Crippen LogP contribution is -2.50. The molecule has 1 aromatic carbocycles. The Labute approximate surface area is 193 Å². The van der Waals surface area contributed by atoms with E-state index in [-0.39, 0.29) is 12.1 Å². The number of nitrogens with zero attached hydrogens (tertiary/aromatic N) is 4. The molecule has 0 bridgehead atoms. The number of hydrogen-bond donors (Lipinski definition) is 1. The zero-order valence-corrected chi connectivity index (χ0v) is 19.2. The molecule has 3 aliphatic heterocycles. The maximum Gasteiger partial charge on any atom is 0.330 e. The van der Waals surface area contributed by atoms with E-state index in [1.165, 1.54) is 0 Å². The van der Waals surface area contributed by atoms with Crippen LogP contribution in [0.15, 0.2) is 41.5 Å². The molecule has 1 saturated heterocycles. The molecule has 0 radical (unpaired) electrons. The quantitative estimate of drug-likeness (QED) is 0.720. The molecular formula is C24H28ClN5O2. The number of rotatable bonds is 5. The van der Waals surface area contributed by atoms with E-state index >= 15 is 0 Å². The minimum absolute atomic E-state index is 0.0561. The van der Waals surface area contributed by atoms with Crippen LogP contribution in [-0.2, 0) is 11.3 Å². The topological polar surface area (TPSA) is 70.1 Å². The van der Waals surface area contributed by atoms with Crippen LogP contribution in [0.5, 0.6) is 0 Å². The Bertz CT molecular complexity index is 1030. The van der Waals surface area contributed by atoms with Crippen LogP contribution in [0.2, 0.25) is 5.02 Å². The highest BCUT2D eigenvalue weighted by atomic mass is 35.5. The molecular weight excluding hydrogens is 426 g/mol. The van der Waals surface area contributed by atoms with Gasteiger partial charge in [0.1, 0.15) is 5.69 Å². The summed E-state index contributed by atoms with van der Waals surface area (Å²) in [6.07, 6.45) is 3.77. The van der Waals surface area contributed by atoms with Gasteiger partial charge in [0.25, 0.3) is 0 Å². The molecule has 1 aromatic heterocycles. The van der Waals surface area contributed by atoms with Crippen LogP contribution in [0, 0.1) is 5.92 Å². The predicted octanol–water partition coefficient (Wildman–Crippen LogP) is 4.55. The summed E-state index contributed by atoms with van der Waals surface area (Å²) in [6.45, 7) is 6.84. The maximum atomic E-state index is 13.6. The summed E-state index contributed by atoms with van der Waals surface area (Å²) < 4.78 is 5.47. The largest absolute Gasteiger partial charge is 0.381 e. The third-order valence-corrected chi connectivity index (χ3v) is 6.61. The van der Waals surface area contributed by atoms with Gasteiger partial charge in [0.05, 0.1) is 36.7 Å². The summed E-state index contributed by atoms with van der Waals surface area (Å²) >= 11 is 6.06. The van der Waals surface area contributed by atoms with Gasteiger partial charge in [0, 0.05) is 24.3 Å². The minimum atomic E-state index is -0.0561. The van der Waals surface area contributed by atoms with Crippen molar-refractivity contribution in [2.75, 3.05) is 30.0 Å². The Hall–Kier alpha value is -2.64. The fourth-order valence-corrected chi connectivity index (χ4v) is 4.55. The normalized spacial score (nSPS) is 20.9. The van der Waals surface area contributed by atoms with Crippen LogP contribution < -0.4 is 10.2 Å².